The van der Waals surface area contributed by atoms with Crippen LogP contribution in [-0.2, 0) is 46.7 Å². The number of likely N-dealkylation sites (tertiary alicyclic amines) is 1. The van der Waals surface area contributed by atoms with Gasteiger partial charge >= 0.3 is 23.7 Å². The number of hydrogen-bond acceptors (Lipinski definition) is 13. The number of halogens is 2. The fourth-order valence-electron chi connectivity index (χ4n) is 10.2. The van der Waals surface area contributed by atoms with Crippen LogP contribution in [0.15, 0.2) is 65.5 Å². The van der Waals surface area contributed by atoms with Crippen molar-refractivity contribution in [2.24, 2.45) is 7.05 Å². The molecule has 4 amide bonds. The van der Waals surface area contributed by atoms with Crippen LogP contribution in [0.4, 0.5) is 20.6 Å². The Morgan fingerprint density at radius 1 is 0.895 bits per heavy atom. The lowest BCUT2D eigenvalue weighted by atomic mass is 9.89. The van der Waals surface area contributed by atoms with Crippen molar-refractivity contribution < 1.29 is 51.0 Å². The van der Waals surface area contributed by atoms with E-state index in [9.17, 15) is 37.2 Å². The topological polar surface area (TPSA) is 217 Å². The molecule has 0 saturated carbocycles. The number of sulfonamides is 1. The fraction of sp³-hybridized carbons (Fsp3) is 0.481. The first-order valence-corrected chi connectivity index (χ1v) is 28.0. The van der Waals surface area contributed by atoms with Gasteiger partial charge in [-0.25, -0.2) is 32.0 Å². The quantitative estimate of drug-likeness (QED) is 0.0743. The summed E-state index contributed by atoms with van der Waals surface area (Å²) in [6.07, 6.45) is 2.46. The van der Waals surface area contributed by atoms with E-state index in [2.05, 4.69) is 16.0 Å². The summed E-state index contributed by atoms with van der Waals surface area (Å²) in [6, 6.07) is 15.5. The van der Waals surface area contributed by atoms with Gasteiger partial charge in [0.15, 0.2) is 17.2 Å². The normalized spacial score (nSPS) is 18.8. The number of rotatable bonds is 13. The second-order valence-electron chi connectivity index (χ2n) is 22.3. The summed E-state index contributed by atoms with van der Waals surface area (Å²) in [5.74, 6) is -3.23. The molecule has 0 aliphatic carbocycles. The number of fused-ring (bicyclic) bond motifs is 1. The van der Waals surface area contributed by atoms with Gasteiger partial charge in [-0.15, -0.1) is 11.3 Å². The van der Waals surface area contributed by atoms with Crippen molar-refractivity contribution in [3.05, 3.63) is 98.0 Å². The molecule has 3 aromatic carbocycles. The number of imidazole rings is 1. The molecule has 76 heavy (non-hydrogen) atoms. The zero-order valence-corrected chi connectivity index (χ0v) is 46.5. The summed E-state index contributed by atoms with van der Waals surface area (Å²) in [5, 5.41) is 8.67. The Morgan fingerprint density at radius 2 is 1.61 bits per heavy atom. The van der Waals surface area contributed by atoms with Gasteiger partial charge in [0.1, 0.15) is 28.1 Å². The number of thiophene rings is 1. The van der Waals surface area contributed by atoms with E-state index in [4.69, 9.17) is 25.8 Å². The number of carbonyl (C=O) groups is 5. The maximum absolute atomic E-state index is 15.3. The molecule has 2 atom stereocenters. The molecule has 408 valence electrons. The molecule has 2 aromatic heterocycles. The molecule has 3 saturated heterocycles. The van der Waals surface area contributed by atoms with Gasteiger partial charge in [0.05, 0.1) is 27.4 Å². The van der Waals surface area contributed by atoms with Crippen LogP contribution in [0.1, 0.15) is 127 Å². The molecule has 3 aliphatic heterocycles. The number of nitrogens with zero attached hydrogens (tertiary/aromatic N) is 4. The molecule has 18 nitrogen and oxygen atoms in total. The Morgan fingerprint density at radius 3 is 2.28 bits per heavy atom. The minimum atomic E-state index is -3.95. The monoisotopic (exact) mass is 1110 g/mol. The van der Waals surface area contributed by atoms with E-state index in [0.717, 1.165) is 28.7 Å². The molecular weight excluding hydrogens is 1040 g/mol. The van der Waals surface area contributed by atoms with Crippen LogP contribution in [0.3, 0.4) is 0 Å². The summed E-state index contributed by atoms with van der Waals surface area (Å²) in [5.41, 5.74) is 1.01. The second-order valence-corrected chi connectivity index (χ2v) is 25.6. The maximum atomic E-state index is 15.3. The van der Waals surface area contributed by atoms with E-state index in [-0.39, 0.29) is 64.3 Å². The van der Waals surface area contributed by atoms with E-state index < -0.39 is 74.9 Å². The minimum absolute atomic E-state index is 0.0112. The maximum Gasteiger partial charge on any atom is 0.352 e. The SMILES string of the molecule is Cn1c(=O)n(C2CCC(=O)NC2=O)c2ccc(C3CCN(C(=O)Nc4cc(CS(=O)(=O)N5CC[C@H](Nc6cccc(-c7sc(C(=O)OC(C)(C)C)c(OCC(=O)OC(C)(C)C)c7Cl)c6)CC5(C)C)ccc4F)CC3)cc21. The first-order valence-electron chi connectivity index (χ1n) is 25.2. The van der Waals surface area contributed by atoms with Gasteiger partial charge in [-0.2, -0.15) is 4.31 Å². The van der Waals surface area contributed by atoms with Crippen molar-refractivity contribution in [3.63, 3.8) is 0 Å². The molecule has 8 rings (SSSR count). The summed E-state index contributed by atoms with van der Waals surface area (Å²) < 4.78 is 65.0. The van der Waals surface area contributed by atoms with E-state index in [1.807, 2.05) is 56.3 Å². The molecular formula is C54H65ClFN7O11S2. The average molecular weight is 1110 g/mol. The Labute approximate surface area is 450 Å². The Kier molecular flexibility index (Phi) is 15.9. The van der Waals surface area contributed by atoms with E-state index >= 15 is 4.39 Å². The number of amides is 4. The van der Waals surface area contributed by atoms with Gasteiger partial charge in [-0.05, 0) is 147 Å². The largest absolute Gasteiger partial charge is 0.479 e. The average Bonchev–Trinajstić information content (AvgIpc) is 3.78. The smallest absolute Gasteiger partial charge is 0.352 e. The molecule has 3 aliphatic rings. The number of carbonyl (C=O) groups excluding carboxylic acids is 5. The second kappa shape index (κ2) is 21.6. The first kappa shape index (κ1) is 55.9. The number of benzene rings is 3. The molecule has 22 heteroatoms. The number of urea groups is 1. The molecule has 1 unspecified atom stereocenters. The Hall–Kier alpha value is -6.29. The van der Waals surface area contributed by atoms with Crippen molar-refractivity contribution in [2.75, 3.05) is 36.9 Å². The van der Waals surface area contributed by atoms with Crippen molar-refractivity contribution in [1.82, 2.24) is 23.7 Å². The highest BCUT2D eigenvalue weighted by Crippen LogP contribution is 2.47. The zero-order valence-electron chi connectivity index (χ0n) is 44.1. The van der Waals surface area contributed by atoms with Crippen molar-refractivity contribution in [2.45, 2.75) is 134 Å². The van der Waals surface area contributed by atoms with E-state index in [0.29, 0.717) is 65.8 Å². The van der Waals surface area contributed by atoms with Crippen molar-refractivity contribution >= 4 is 85.2 Å². The number of aryl methyl sites for hydroxylation is 1. The van der Waals surface area contributed by atoms with E-state index in [1.165, 1.54) is 25.6 Å². The molecule has 0 spiro atoms. The molecule has 3 N–H and O–H groups in total. The van der Waals surface area contributed by atoms with Crippen molar-refractivity contribution in [3.8, 4) is 16.2 Å². The lowest BCUT2D eigenvalue weighted by Crippen LogP contribution is -2.55. The first-order chi connectivity index (χ1) is 35.6. The predicted octanol–water partition coefficient (Wildman–Crippen LogP) is 9.11. The van der Waals surface area contributed by atoms with Gasteiger partial charge in [-0.1, -0.05) is 35.9 Å². The Balaban J connectivity index is 0.879. The van der Waals surface area contributed by atoms with Gasteiger partial charge in [-0.3, -0.25) is 24.0 Å². The molecule has 0 radical (unpaired) electrons. The molecule has 0 bridgehead atoms. The number of piperidine rings is 3. The highest BCUT2D eigenvalue weighted by atomic mass is 35.5. The third-order valence-corrected chi connectivity index (χ3v) is 17.3. The molecule has 3 fully saturated rings. The van der Waals surface area contributed by atoms with Crippen LogP contribution in [0.5, 0.6) is 5.75 Å². The van der Waals surface area contributed by atoms with Crippen LogP contribution in [-0.4, -0.2) is 106 Å². The lowest BCUT2D eigenvalue weighted by Gasteiger charge is -2.45. The van der Waals surface area contributed by atoms with E-state index in [1.54, 1.807) is 53.5 Å². The van der Waals surface area contributed by atoms with Crippen LogP contribution in [0.2, 0.25) is 5.02 Å². The number of nitrogens with one attached hydrogen (secondary N) is 3. The number of hydrogen-bond donors (Lipinski definition) is 3. The third-order valence-electron chi connectivity index (χ3n) is 13.6. The fourth-order valence-corrected chi connectivity index (χ4v) is 13.6. The number of aromatic nitrogens is 2. The number of ether oxygens (including phenoxy) is 3. The lowest BCUT2D eigenvalue weighted by molar-refractivity contribution is -0.157. The van der Waals surface area contributed by atoms with Crippen LogP contribution >= 0.6 is 22.9 Å². The van der Waals surface area contributed by atoms with Gasteiger partial charge in [0, 0.05) is 50.4 Å². The standard InChI is InChI=1S/C54H65ClFN7O11S2/c1-52(2,3)73-43(65)29-72-45-44(55)46(75-47(45)49(67)74-53(4,5)6)34-11-10-12-35(26-34)57-36-21-24-62(54(7,8)28-36)76(70,71)30-31-13-15-37(56)38(25-31)58-50(68)61-22-19-32(20-23-61)33-14-16-39-41(27-33)60(9)51(69)63(39)40-17-18-42(64)59-48(40)66/h10-16,25-27,32,36,40,57H,17-24,28-30H2,1-9H3,(H,58,68)(H,59,64,66)/t36-,40?/m0/s1. The summed E-state index contributed by atoms with van der Waals surface area (Å²) in [7, 11) is -2.31. The van der Waals surface area contributed by atoms with Gasteiger partial charge in [0.2, 0.25) is 21.8 Å². The molecule has 5 heterocycles. The number of anilines is 2. The Bertz CT molecular complexity index is 3280. The van der Waals surface area contributed by atoms with Gasteiger partial charge < -0.3 is 29.7 Å². The van der Waals surface area contributed by atoms with Crippen LogP contribution < -0.4 is 26.4 Å². The minimum Gasteiger partial charge on any atom is -0.479 e. The van der Waals surface area contributed by atoms with Crippen molar-refractivity contribution in [1.29, 1.82) is 0 Å². The highest BCUT2D eigenvalue weighted by Gasteiger charge is 2.42. The summed E-state index contributed by atoms with van der Waals surface area (Å²) in [4.78, 5) is 79.5. The predicted molar refractivity (Wildman–Crippen MR) is 289 cm³/mol. The number of esters is 2. The molecule has 5 aromatic rings. The number of imide groups is 1. The van der Waals surface area contributed by atoms with Gasteiger partial charge in [0.25, 0.3) is 0 Å². The van der Waals surface area contributed by atoms with Crippen LogP contribution in [0, 0.1) is 5.82 Å². The highest BCUT2D eigenvalue weighted by molar-refractivity contribution is 7.88. The summed E-state index contributed by atoms with van der Waals surface area (Å²) >= 11 is 7.99. The summed E-state index contributed by atoms with van der Waals surface area (Å²) in [6.45, 7) is 14.6. The van der Waals surface area contributed by atoms with Crippen LogP contribution in [0.25, 0.3) is 21.5 Å². The zero-order chi connectivity index (χ0) is 55.2. The third kappa shape index (κ3) is 12.6.